The first-order chi connectivity index (χ1) is 9.50. The van der Waals surface area contributed by atoms with Crippen LogP contribution in [0.15, 0.2) is 42.5 Å². The van der Waals surface area contributed by atoms with Crippen molar-refractivity contribution >= 4 is 23.1 Å². The monoisotopic (exact) mass is 269 g/mol. The van der Waals surface area contributed by atoms with Crippen molar-refractivity contribution in [2.24, 2.45) is 0 Å². The summed E-state index contributed by atoms with van der Waals surface area (Å²) in [6, 6.07) is 12.5. The molecule has 0 unspecified atom stereocenters. The lowest BCUT2D eigenvalue weighted by molar-refractivity contribution is -0.131. The summed E-state index contributed by atoms with van der Waals surface area (Å²) in [5.41, 5.74) is 3.60. The van der Waals surface area contributed by atoms with Crippen LogP contribution in [0.1, 0.15) is 21.5 Å². The Morgan fingerprint density at radius 1 is 0.950 bits per heavy atom. The lowest BCUT2D eigenvalue weighted by Gasteiger charge is -2.14. The summed E-state index contributed by atoms with van der Waals surface area (Å²) >= 11 is 0. The van der Waals surface area contributed by atoms with Crippen molar-refractivity contribution < 1.29 is 14.7 Å². The van der Waals surface area contributed by atoms with Crippen LogP contribution in [0, 0.1) is 13.8 Å². The lowest BCUT2D eigenvalue weighted by Crippen LogP contribution is -2.14. The zero-order valence-corrected chi connectivity index (χ0v) is 11.3. The van der Waals surface area contributed by atoms with Gasteiger partial charge in [0.25, 0.3) is 5.78 Å². The largest absolute Gasteiger partial charge is 0.475 e. The predicted octanol–water partition coefficient (Wildman–Crippen LogP) is 3.31. The summed E-state index contributed by atoms with van der Waals surface area (Å²) in [7, 11) is 0. The van der Waals surface area contributed by atoms with Gasteiger partial charge in [-0.3, -0.25) is 4.79 Å². The molecule has 0 atom stereocenters. The summed E-state index contributed by atoms with van der Waals surface area (Å²) in [5, 5.41) is 12.0. The normalized spacial score (nSPS) is 10.1. The van der Waals surface area contributed by atoms with Crippen molar-refractivity contribution in [1.29, 1.82) is 0 Å². The van der Waals surface area contributed by atoms with Gasteiger partial charge >= 0.3 is 5.97 Å². The minimum Gasteiger partial charge on any atom is -0.475 e. The molecule has 2 rings (SSSR count). The number of carboxylic acids is 1. The smallest absolute Gasteiger partial charge is 0.377 e. The SMILES string of the molecule is Cc1cccc(C)c1Nc1ccccc1C(=O)C(=O)O. The van der Waals surface area contributed by atoms with E-state index in [2.05, 4.69) is 5.32 Å². The number of aliphatic carboxylic acids is 1. The summed E-state index contributed by atoms with van der Waals surface area (Å²) in [6.07, 6.45) is 0. The molecule has 0 aliphatic carbocycles. The van der Waals surface area contributed by atoms with Crippen LogP contribution in [0.3, 0.4) is 0 Å². The third kappa shape index (κ3) is 2.69. The molecular weight excluding hydrogens is 254 g/mol. The lowest BCUT2D eigenvalue weighted by atomic mass is 10.1. The topological polar surface area (TPSA) is 66.4 Å². The number of nitrogens with one attached hydrogen (secondary N) is 1. The van der Waals surface area contributed by atoms with E-state index < -0.39 is 11.8 Å². The van der Waals surface area contributed by atoms with Gasteiger partial charge in [-0.05, 0) is 37.1 Å². The Morgan fingerprint density at radius 2 is 1.55 bits per heavy atom. The number of rotatable bonds is 4. The van der Waals surface area contributed by atoms with Crippen LogP contribution in [0.5, 0.6) is 0 Å². The summed E-state index contributed by atoms with van der Waals surface area (Å²) in [4.78, 5) is 22.5. The molecular formula is C16H15NO3. The Morgan fingerprint density at radius 3 is 2.15 bits per heavy atom. The highest BCUT2D eigenvalue weighted by molar-refractivity contribution is 6.41. The average molecular weight is 269 g/mol. The molecule has 20 heavy (non-hydrogen) atoms. The van der Waals surface area contributed by atoms with Crippen molar-refractivity contribution in [2.45, 2.75) is 13.8 Å². The Hall–Kier alpha value is -2.62. The van der Waals surface area contributed by atoms with Gasteiger partial charge in [0, 0.05) is 11.4 Å². The van der Waals surface area contributed by atoms with Gasteiger partial charge < -0.3 is 10.4 Å². The Labute approximate surface area is 117 Å². The first kappa shape index (κ1) is 13.8. The van der Waals surface area contributed by atoms with E-state index in [1.807, 2.05) is 32.0 Å². The number of benzene rings is 2. The number of carbonyl (C=O) groups is 2. The standard InChI is InChI=1S/C16H15NO3/c1-10-6-5-7-11(2)14(10)17-13-9-4-3-8-12(13)15(18)16(19)20/h3-9,17H,1-2H3,(H,19,20). The minimum absolute atomic E-state index is 0.155. The van der Waals surface area contributed by atoms with Crippen LogP contribution in [0.4, 0.5) is 11.4 Å². The van der Waals surface area contributed by atoms with Crippen molar-refractivity contribution in [2.75, 3.05) is 5.32 Å². The molecule has 0 aliphatic heterocycles. The second kappa shape index (κ2) is 5.57. The quantitative estimate of drug-likeness (QED) is 0.660. The van der Waals surface area contributed by atoms with E-state index in [0.717, 1.165) is 16.8 Å². The van der Waals surface area contributed by atoms with Crippen LogP contribution in [-0.4, -0.2) is 16.9 Å². The number of hydrogen-bond donors (Lipinski definition) is 2. The van der Waals surface area contributed by atoms with E-state index in [4.69, 9.17) is 5.11 Å². The molecule has 4 heteroatoms. The number of anilines is 2. The van der Waals surface area contributed by atoms with E-state index in [0.29, 0.717) is 5.69 Å². The van der Waals surface area contributed by atoms with Crippen LogP contribution in [0.2, 0.25) is 0 Å². The number of carboxylic acid groups (broad SMARTS) is 1. The van der Waals surface area contributed by atoms with Crippen LogP contribution < -0.4 is 5.32 Å². The number of hydrogen-bond acceptors (Lipinski definition) is 3. The molecule has 0 heterocycles. The van der Waals surface area contributed by atoms with Gasteiger partial charge in [-0.1, -0.05) is 30.3 Å². The molecule has 0 saturated carbocycles. The molecule has 0 amide bonds. The first-order valence-corrected chi connectivity index (χ1v) is 6.20. The molecule has 2 aromatic carbocycles. The number of Topliss-reactive ketones (excluding diaryl/α,β-unsaturated/α-hetero) is 1. The fourth-order valence-corrected chi connectivity index (χ4v) is 2.05. The van der Waals surface area contributed by atoms with Gasteiger partial charge in [-0.2, -0.15) is 0 Å². The Balaban J connectivity index is 2.45. The van der Waals surface area contributed by atoms with Gasteiger partial charge in [0.05, 0.1) is 5.56 Å². The number of ketones is 1. The highest BCUT2D eigenvalue weighted by atomic mass is 16.4. The molecule has 2 N–H and O–H groups in total. The zero-order chi connectivity index (χ0) is 14.7. The molecule has 0 saturated heterocycles. The molecule has 0 radical (unpaired) electrons. The number of aryl methyl sites for hydroxylation is 2. The average Bonchev–Trinajstić information content (AvgIpc) is 2.42. The molecule has 0 aromatic heterocycles. The van der Waals surface area contributed by atoms with E-state index in [1.165, 1.54) is 6.07 Å². The second-order valence-electron chi connectivity index (χ2n) is 4.57. The number of carbonyl (C=O) groups excluding carboxylic acids is 1. The van der Waals surface area contributed by atoms with Gasteiger partial charge in [-0.25, -0.2) is 4.79 Å². The highest BCUT2D eigenvalue weighted by Gasteiger charge is 2.18. The summed E-state index contributed by atoms with van der Waals surface area (Å²) in [5.74, 6) is -2.37. The second-order valence-corrected chi connectivity index (χ2v) is 4.57. The predicted molar refractivity (Wildman–Crippen MR) is 77.6 cm³/mol. The molecule has 102 valence electrons. The van der Waals surface area contributed by atoms with Gasteiger partial charge in [0.1, 0.15) is 0 Å². The highest BCUT2D eigenvalue weighted by Crippen LogP contribution is 2.26. The third-order valence-electron chi connectivity index (χ3n) is 3.11. The van der Waals surface area contributed by atoms with E-state index in [9.17, 15) is 9.59 Å². The maximum absolute atomic E-state index is 11.7. The summed E-state index contributed by atoms with van der Waals surface area (Å²) in [6.45, 7) is 3.91. The Kier molecular flexibility index (Phi) is 3.84. The molecule has 4 nitrogen and oxygen atoms in total. The van der Waals surface area contributed by atoms with E-state index in [1.54, 1.807) is 18.2 Å². The van der Waals surface area contributed by atoms with E-state index in [-0.39, 0.29) is 5.56 Å². The van der Waals surface area contributed by atoms with Crippen LogP contribution >= 0.6 is 0 Å². The first-order valence-electron chi connectivity index (χ1n) is 6.20. The zero-order valence-electron chi connectivity index (χ0n) is 11.3. The van der Waals surface area contributed by atoms with Gasteiger partial charge in [0.15, 0.2) is 0 Å². The van der Waals surface area contributed by atoms with Crippen LogP contribution in [-0.2, 0) is 4.79 Å². The van der Waals surface area contributed by atoms with E-state index >= 15 is 0 Å². The summed E-state index contributed by atoms with van der Waals surface area (Å²) < 4.78 is 0. The fraction of sp³-hybridized carbons (Fsp3) is 0.125. The van der Waals surface area contributed by atoms with Crippen molar-refractivity contribution in [3.63, 3.8) is 0 Å². The van der Waals surface area contributed by atoms with Gasteiger partial charge in [0.2, 0.25) is 0 Å². The van der Waals surface area contributed by atoms with Gasteiger partial charge in [-0.15, -0.1) is 0 Å². The van der Waals surface area contributed by atoms with Crippen molar-refractivity contribution in [1.82, 2.24) is 0 Å². The maximum atomic E-state index is 11.7. The fourth-order valence-electron chi connectivity index (χ4n) is 2.05. The van der Waals surface area contributed by atoms with Crippen LogP contribution in [0.25, 0.3) is 0 Å². The maximum Gasteiger partial charge on any atom is 0.377 e. The van der Waals surface area contributed by atoms with Crippen molar-refractivity contribution in [3.8, 4) is 0 Å². The van der Waals surface area contributed by atoms with Crippen molar-refractivity contribution in [3.05, 3.63) is 59.2 Å². The molecule has 2 aromatic rings. The number of para-hydroxylation sites is 2. The molecule has 0 fully saturated rings. The molecule has 0 bridgehead atoms. The third-order valence-corrected chi connectivity index (χ3v) is 3.11. The molecule has 0 spiro atoms. The molecule has 0 aliphatic rings. The Bertz CT molecular complexity index is 657. The minimum atomic E-state index is -1.46.